The molecule has 0 fully saturated rings. The minimum absolute atomic E-state index is 0.471. The van der Waals surface area contributed by atoms with E-state index in [1.807, 2.05) is 73.7 Å². The van der Waals surface area contributed by atoms with Crippen molar-refractivity contribution in [3.8, 4) is 17.2 Å². The fourth-order valence-electron chi connectivity index (χ4n) is 2.18. The van der Waals surface area contributed by atoms with E-state index >= 15 is 0 Å². The highest BCUT2D eigenvalue weighted by Gasteiger charge is 2.05. The van der Waals surface area contributed by atoms with E-state index in [4.69, 9.17) is 15.2 Å². The van der Waals surface area contributed by atoms with Crippen LogP contribution in [-0.2, 0) is 6.61 Å². The third kappa shape index (κ3) is 4.04. The summed E-state index contributed by atoms with van der Waals surface area (Å²) in [5.41, 5.74) is 8.87. The third-order valence-electron chi connectivity index (χ3n) is 3.48. The van der Waals surface area contributed by atoms with Gasteiger partial charge in [0.15, 0.2) is 0 Å². The summed E-state index contributed by atoms with van der Waals surface area (Å²) in [6.45, 7) is 2.52. The highest BCUT2D eigenvalue weighted by Crippen LogP contribution is 2.30. The maximum atomic E-state index is 5.99. The van der Waals surface area contributed by atoms with Crippen LogP contribution in [0.25, 0.3) is 0 Å². The molecule has 3 aromatic rings. The summed E-state index contributed by atoms with van der Waals surface area (Å²) in [6, 6.07) is 23.3. The highest BCUT2D eigenvalue weighted by molar-refractivity contribution is 5.56. The van der Waals surface area contributed by atoms with Crippen molar-refractivity contribution in [1.82, 2.24) is 0 Å². The van der Waals surface area contributed by atoms with Gasteiger partial charge in [0, 0.05) is 6.07 Å². The summed E-state index contributed by atoms with van der Waals surface area (Å²) in [7, 11) is 0. The normalized spacial score (nSPS) is 10.3. The summed E-state index contributed by atoms with van der Waals surface area (Å²) in [6.07, 6.45) is 0. The average Bonchev–Trinajstić information content (AvgIpc) is 2.58. The quantitative estimate of drug-likeness (QED) is 0.678. The Hall–Kier alpha value is -2.94. The predicted octanol–water partition coefficient (Wildman–Crippen LogP) is 4.95. The van der Waals surface area contributed by atoms with Crippen LogP contribution in [0, 0.1) is 6.92 Å². The third-order valence-corrected chi connectivity index (χ3v) is 3.48. The molecule has 0 amide bonds. The Kier molecular flexibility index (Phi) is 4.48. The van der Waals surface area contributed by atoms with E-state index in [0.717, 1.165) is 11.3 Å². The Morgan fingerprint density at radius 2 is 1.52 bits per heavy atom. The SMILES string of the molecule is Cc1ccc(Oc2ccc(N)c(OCc3ccccc3)c2)cc1. The first-order valence-electron chi connectivity index (χ1n) is 7.51. The van der Waals surface area contributed by atoms with Crippen molar-refractivity contribution in [2.24, 2.45) is 0 Å². The number of nitrogen functional groups attached to an aromatic ring is 1. The average molecular weight is 305 g/mol. The van der Waals surface area contributed by atoms with Crippen LogP contribution in [0.15, 0.2) is 72.8 Å². The van der Waals surface area contributed by atoms with Crippen LogP contribution in [0.5, 0.6) is 17.2 Å². The molecule has 0 aliphatic rings. The minimum Gasteiger partial charge on any atom is -0.487 e. The van der Waals surface area contributed by atoms with E-state index in [-0.39, 0.29) is 0 Å². The van der Waals surface area contributed by atoms with E-state index in [1.165, 1.54) is 5.56 Å². The number of rotatable bonds is 5. The maximum Gasteiger partial charge on any atom is 0.146 e. The molecule has 0 unspecified atom stereocenters. The van der Waals surface area contributed by atoms with Gasteiger partial charge < -0.3 is 15.2 Å². The van der Waals surface area contributed by atoms with E-state index in [2.05, 4.69) is 0 Å². The summed E-state index contributed by atoms with van der Waals surface area (Å²) in [4.78, 5) is 0. The van der Waals surface area contributed by atoms with Crippen LogP contribution in [0.4, 0.5) is 5.69 Å². The van der Waals surface area contributed by atoms with Gasteiger partial charge in [-0.3, -0.25) is 0 Å². The predicted molar refractivity (Wildman–Crippen MR) is 92.9 cm³/mol. The number of nitrogens with two attached hydrogens (primary N) is 1. The molecule has 3 rings (SSSR count). The van der Waals surface area contributed by atoms with Gasteiger partial charge in [0.1, 0.15) is 23.9 Å². The number of hydrogen-bond acceptors (Lipinski definition) is 3. The molecular weight excluding hydrogens is 286 g/mol. The molecular formula is C20H19NO2. The lowest BCUT2D eigenvalue weighted by atomic mass is 10.2. The Labute approximate surface area is 136 Å². The first-order chi connectivity index (χ1) is 11.2. The fraction of sp³-hybridized carbons (Fsp3) is 0.100. The molecule has 0 aromatic heterocycles. The molecule has 3 heteroatoms. The van der Waals surface area contributed by atoms with Gasteiger partial charge in [-0.2, -0.15) is 0 Å². The number of hydrogen-bond donors (Lipinski definition) is 1. The number of anilines is 1. The van der Waals surface area contributed by atoms with Crippen molar-refractivity contribution < 1.29 is 9.47 Å². The molecule has 0 aliphatic carbocycles. The van der Waals surface area contributed by atoms with Crippen molar-refractivity contribution in [3.63, 3.8) is 0 Å². The van der Waals surface area contributed by atoms with Gasteiger partial charge in [0.05, 0.1) is 5.69 Å². The summed E-state index contributed by atoms with van der Waals surface area (Å²) >= 11 is 0. The molecule has 0 bridgehead atoms. The molecule has 3 aromatic carbocycles. The molecule has 0 heterocycles. The Bertz CT molecular complexity index is 767. The highest BCUT2D eigenvalue weighted by atomic mass is 16.5. The zero-order chi connectivity index (χ0) is 16.1. The zero-order valence-electron chi connectivity index (χ0n) is 13.0. The van der Waals surface area contributed by atoms with Gasteiger partial charge >= 0.3 is 0 Å². The van der Waals surface area contributed by atoms with Crippen LogP contribution in [0.2, 0.25) is 0 Å². The van der Waals surface area contributed by atoms with Gasteiger partial charge in [-0.1, -0.05) is 48.0 Å². The Morgan fingerprint density at radius 3 is 2.26 bits per heavy atom. The van der Waals surface area contributed by atoms with Gasteiger partial charge in [-0.15, -0.1) is 0 Å². The molecule has 0 saturated carbocycles. The second-order valence-corrected chi connectivity index (χ2v) is 5.39. The molecule has 116 valence electrons. The van der Waals surface area contributed by atoms with Crippen LogP contribution in [0.3, 0.4) is 0 Å². The van der Waals surface area contributed by atoms with Gasteiger partial charge in [0.25, 0.3) is 0 Å². The molecule has 0 radical (unpaired) electrons. The van der Waals surface area contributed by atoms with Gasteiger partial charge in [-0.05, 0) is 36.8 Å². The summed E-state index contributed by atoms with van der Waals surface area (Å²) < 4.78 is 11.7. The van der Waals surface area contributed by atoms with E-state index < -0.39 is 0 Å². The fourth-order valence-corrected chi connectivity index (χ4v) is 2.18. The van der Waals surface area contributed by atoms with E-state index in [1.54, 1.807) is 6.07 Å². The van der Waals surface area contributed by atoms with E-state index in [9.17, 15) is 0 Å². The van der Waals surface area contributed by atoms with Crippen molar-refractivity contribution in [1.29, 1.82) is 0 Å². The molecule has 3 nitrogen and oxygen atoms in total. The maximum absolute atomic E-state index is 5.99. The molecule has 0 aliphatic heterocycles. The monoisotopic (exact) mass is 305 g/mol. The second kappa shape index (κ2) is 6.88. The largest absolute Gasteiger partial charge is 0.487 e. The van der Waals surface area contributed by atoms with Crippen LogP contribution >= 0.6 is 0 Å². The van der Waals surface area contributed by atoms with Crippen LogP contribution < -0.4 is 15.2 Å². The van der Waals surface area contributed by atoms with Gasteiger partial charge in [-0.25, -0.2) is 0 Å². The van der Waals surface area contributed by atoms with Crippen molar-refractivity contribution >= 4 is 5.69 Å². The lowest BCUT2D eigenvalue weighted by Gasteiger charge is -2.12. The second-order valence-electron chi connectivity index (χ2n) is 5.39. The zero-order valence-corrected chi connectivity index (χ0v) is 13.0. The first kappa shape index (κ1) is 15.0. The molecule has 0 saturated heterocycles. The molecule has 0 atom stereocenters. The number of aryl methyl sites for hydroxylation is 1. The molecule has 0 spiro atoms. The Morgan fingerprint density at radius 1 is 0.826 bits per heavy atom. The van der Waals surface area contributed by atoms with E-state index in [0.29, 0.717) is 23.8 Å². The molecule has 23 heavy (non-hydrogen) atoms. The van der Waals surface area contributed by atoms with Gasteiger partial charge in [0.2, 0.25) is 0 Å². The smallest absolute Gasteiger partial charge is 0.146 e. The lowest BCUT2D eigenvalue weighted by molar-refractivity contribution is 0.306. The number of benzene rings is 3. The van der Waals surface area contributed by atoms with Crippen molar-refractivity contribution in [3.05, 3.63) is 83.9 Å². The molecule has 2 N–H and O–H groups in total. The van der Waals surface area contributed by atoms with Crippen LogP contribution in [-0.4, -0.2) is 0 Å². The van der Waals surface area contributed by atoms with Crippen molar-refractivity contribution in [2.75, 3.05) is 5.73 Å². The summed E-state index contributed by atoms with van der Waals surface area (Å²) in [5.74, 6) is 2.11. The lowest BCUT2D eigenvalue weighted by Crippen LogP contribution is -1.99. The Balaban J connectivity index is 1.72. The first-order valence-corrected chi connectivity index (χ1v) is 7.51. The van der Waals surface area contributed by atoms with Crippen molar-refractivity contribution in [2.45, 2.75) is 13.5 Å². The topological polar surface area (TPSA) is 44.5 Å². The number of ether oxygens (including phenoxy) is 2. The standard InChI is InChI=1S/C20H19NO2/c1-15-7-9-17(10-8-15)23-18-11-12-19(21)20(13-18)22-14-16-5-3-2-4-6-16/h2-13H,14,21H2,1H3. The summed E-state index contributed by atoms with van der Waals surface area (Å²) in [5, 5.41) is 0. The minimum atomic E-state index is 0.471. The van der Waals surface area contributed by atoms with Crippen LogP contribution in [0.1, 0.15) is 11.1 Å².